The van der Waals surface area contributed by atoms with Crippen LogP contribution in [0.4, 0.5) is 0 Å². The predicted octanol–water partition coefficient (Wildman–Crippen LogP) is 7.09. The number of Topliss-reactive ketones (excluding diaryl/α,β-unsaturated/α-hetero) is 1. The Hall–Kier alpha value is -3.98. The molecule has 5 aromatic rings. The van der Waals surface area contributed by atoms with Gasteiger partial charge in [-0.15, -0.1) is 0 Å². The summed E-state index contributed by atoms with van der Waals surface area (Å²) in [6, 6.07) is 27.6. The average molecular weight is 446 g/mol. The topological polar surface area (TPSA) is 39.1 Å². The van der Waals surface area contributed by atoms with Gasteiger partial charge in [0.25, 0.3) is 0 Å². The molecule has 0 spiro atoms. The van der Waals surface area contributed by atoms with Crippen LogP contribution in [0.5, 0.6) is 0 Å². The number of aromatic nitrogens is 1. The zero-order valence-corrected chi connectivity index (χ0v) is 19.8. The van der Waals surface area contributed by atoms with Gasteiger partial charge in [0.05, 0.1) is 0 Å². The van der Waals surface area contributed by atoms with Gasteiger partial charge in [0.15, 0.2) is 11.6 Å². The van der Waals surface area contributed by atoms with Crippen LogP contribution in [0.2, 0.25) is 0 Å². The van der Waals surface area contributed by atoms with Crippen molar-refractivity contribution in [2.45, 2.75) is 33.7 Å². The van der Waals surface area contributed by atoms with Gasteiger partial charge in [-0.2, -0.15) is 0 Å². The number of benzene rings is 4. The molecule has 5 rings (SSSR count). The number of aryl methyl sites for hydroxylation is 3. The molecule has 0 radical (unpaired) electrons. The SMILES string of the molecule is CCn1c2ccc(C(=O)Cc3ccccc3C)cc2c2cc(C(=O)c3ccccc3C)ccc21. The van der Waals surface area contributed by atoms with Crippen LogP contribution in [-0.4, -0.2) is 16.1 Å². The molecule has 0 aliphatic rings. The van der Waals surface area contributed by atoms with Gasteiger partial charge >= 0.3 is 0 Å². The molecule has 1 aromatic heterocycles. The highest BCUT2D eigenvalue weighted by Crippen LogP contribution is 2.32. The van der Waals surface area contributed by atoms with Gasteiger partial charge in [-0.1, -0.05) is 48.5 Å². The maximum Gasteiger partial charge on any atom is 0.193 e. The van der Waals surface area contributed by atoms with Gasteiger partial charge in [0, 0.05) is 51.5 Å². The quantitative estimate of drug-likeness (QED) is 0.262. The number of carbonyl (C=O) groups excluding carboxylic acids is 2. The van der Waals surface area contributed by atoms with Crippen LogP contribution in [0.3, 0.4) is 0 Å². The Morgan fingerprint density at radius 1 is 0.706 bits per heavy atom. The minimum Gasteiger partial charge on any atom is -0.341 e. The Morgan fingerprint density at radius 2 is 1.29 bits per heavy atom. The molecule has 0 saturated heterocycles. The van der Waals surface area contributed by atoms with Gasteiger partial charge < -0.3 is 4.57 Å². The fourth-order valence-corrected chi connectivity index (χ4v) is 4.83. The Labute approximate surface area is 199 Å². The normalized spacial score (nSPS) is 11.3. The van der Waals surface area contributed by atoms with Crippen LogP contribution in [0.1, 0.15) is 49.9 Å². The second-order valence-corrected chi connectivity index (χ2v) is 8.88. The molecule has 3 heteroatoms. The minimum absolute atomic E-state index is 0.0178. The zero-order valence-electron chi connectivity index (χ0n) is 19.8. The number of rotatable bonds is 6. The van der Waals surface area contributed by atoms with Gasteiger partial charge in [0.1, 0.15) is 0 Å². The van der Waals surface area contributed by atoms with E-state index in [0.29, 0.717) is 17.5 Å². The number of fused-ring (bicyclic) bond motifs is 3. The first kappa shape index (κ1) is 21.8. The number of nitrogens with zero attached hydrogens (tertiary/aromatic N) is 1. The summed E-state index contributed by atoms with van der Waals surface area (Å²) in [5.41, 5.74) is 7.36. The van der Waals surface area contributed by atoms with Crippen molar-refractivity contribution < 1.29 is 9.59 Å². The summed E-state index contributed by atoms with van der Waals surface area (Å²) in [5, 5.41) is 2.01. The average Bonchev–Trinajstić information content (AvgIpc) is 3.17. The van der Waals surface area contributed by atoms with Crippen molar-refractivity contribution in [1.82, 2.24) is 4.57 Å². The first-order chi connectivity index (χ1) is 16.5. The molecule has 0 unspecified atom stereocenters. The molecule has 0 bridgehead atoms. The lowest BCUT2D eigenvalue weighted by molar-refractivity contribution is 0.0991. The highest BCUT2D eigenvalue weighted by Gasteiger charge is 2.17. The number of hydrogen-bond donors (Lipinski definition) is 0. The summed E-state index contributed by atoms with van der Waals surface area (Å²) < 4.78 is 2.24. The lowest BCUT2D eigenvalue weighted by Gasteiger charge is -2.06. The van der Waals surface area contributed by atoms with Gasteiger partial charge in [0.2, 0.25) is 0 Å². The van der Waals surface area contributed by atoms with Gasteiger partial charge in [-0.25, -0.2) is 0 Å². The second-order valence-electron chi connectivity index (χ2n) is 8.88. The summed E-state index contributed by atoms with van der Waals surface area (Å²) in [4.78, 5) is 26.4. The molecule has 4 aromatic carbocycles. The highest BCUT2D eigenvalue weighted by molar-refractivity contribution is 6.16. The minimum atomic E-state index is 0.0178. The molecule has 0 amide bonds. The van der Waals surface area contributed by atoms with E-state index in [-0.39, 0.29) is 11.6 Å². The van der Waals surface area contributed by atoms with E-state index in [9.17, 15) is 9.59 Å². The standard InChI is InChI=1S/C31H27NO2/c1-4-32-28-15-13-23(30(33)19-22-11-7-5-9-20(22)2)17-26(28)27-18-24(14-16-29(27)32)31(34)25-12-8-6-10-21(25)3/h5-18H,4,19H2,1-3H3. The number of carbonyl (C=O) groups is 2. The molecule has 0 saturated carbocycles. The van der Waals surface area contributed by atoms with Crippen LogP contribution in [0.15, 0.2) is 84.9 Å². The van der Waals surface area contributed by atoms with Crippen molar-refractivity contribution in [3.8, 4) is 0 Å². The Morgan fingerprint density at radius 3 is 1.94 bits per heavy atom. The van der Waals surface area contributed by atoms with E-state index in [4.69, 9.17) is 0 Å². The van der Waals surface area contributed by atoms with Crippen LogP contribution >= 0.6 is 0 Å². The molecule has 1 heterocycles. The lowest BCUT2D eigenvalue weighted by Crippen LogP contribution is -2.05. The van der Waals surface area contributed by atoms with Crippen molar-refractivity contribution in [3.05, 3.63) is 118 Å². The maximum atomic E-state index is 13.3. The third kappa shape index (κ3) is 3.73. The molecular weight excluding hydrogens is 418 g/mol. The van der Waals surface area contributed by atoms with Gasteiger partial charge in [-0.05, 0) is 73.9 Å². The van der Waals surface area contributed by atoms with E-state index >= 15 is 0 Å². The van der Waals surface area contributed by atoms with E-state index in [2.05, 4.69) is 11.5 Å². The monoisotopic (exact) mass is 445 g/mol. The Kier molecular flexibility index (Phi) is 5.62. The molecule has 34 heavy (non-hydrogen) atoms. The second kappa shape index (κ2) is 8.75. The fraction of sp³-hybridized carbons (Fsp3) is 0.161. The number of ketones is 2. The maximum absolute atomic E-state index is 13.3. The molecule has 0 atom stereocenters. The van der Waals surface area contributed by atoms with Crippen molar-refractivity contribution >= 4 is 33.4 Å². The molecule has 0 fully saturated rings. The summed E-state index contributed by atoms with van der Waals surface area (Å²) >= 11 is 0. The van der Waals surface area contributed by atoms with E-state index < -0.39 is 0 Å². The van der Waals surface area contributed by atoms with Crippen LogP contribution in [0, 0.1) is 13.8 Å². The van der Waals surface area contributed by atoms with Crippen molar-refractivity contribution in [2.24, 2.45) is 0 Å². The Bertz CT molecular complexity index is 1570. The van der Waals surface area contributed by atoms with E-state index in [0.717, 1.165) is 50.6 Å². The summed E-state index contributed by atoms with van der Waals surface area (Å²) in [6.45, 7) is 6.92. The lowest BCUT2D eigenvalue weighted by atomic mass is 9.96. The van der Waals surface area contributed by atoms with E-state index in [1.54, 1.807) is 0 Å². The molecule has 0 aliphatic heterocycles. The van der Waals surface area contributed by atoms with E-state index in [1.807, 2.05) is 98.8 Å². The van der Waals surface area contributed by atoms with Crippen molar-refractivity contribution in [1.29, 1.82) is 0 Å². The molecule has 0 N–H and O–H groups in total. The predicted molar refractivity (Wildman–Crippen MR) is 139 cm³/mol. The number of hydrogen-bond acceptors (Lipinski definition) is 2. The summed E-state index contributed by atoms with van der Waals surface area (Å²) in [7, 11) is 0. The molecular formula is C31H27NO2. The summed E-state index contributed by atoms with van der Waals surface area (Å²) in [5.74, 6) is 0.116. The molecule has 0 aliphatic carbocycles. The molecule has 3 nitrogen and oxygen atoms in total. The van der Waals surface area contributed by atoms with Crippen molar-refractivity contribution in [3.63, 3.8) is 0 Å². The fourth-order valence-electron chi connectivity index (χ4n) is 4.83. The highest BCUT2D eigenvalue weighted by atomic mass is 16.1. The zero-order chi connectivity index (χ0) is 23.8. The first-order valence-electron chi connectivity index (χ1n) is 11.7. The Balaban J connectivity index is 1.61. The van der Waals surface area contributed by atoms with Gasteiger partial charge in [-0.3, -0.25) is 9.59 Å². The van der Waals surface area contributed by atoms with Crippen LogP contribution in [-0.2, 0) is 13.0 Å². The van der Waals surface area contributed by atoms with Crippen molar-refractivity contribution in [2.75, 3.05) is 0 Å². The smallest absolute Gasteiger partial charge is 0.193 e. The molecule has 168 valence electrons. The third-order valence-corrected chi connectivity index (χ3v) is 6.77. The van der Waals surface area contributed by atoms with E-state index in [1.165, 1.54) is 0 Å². The van der Waals surface area contributed by atoms with Crippen LogP contribution in [0.25, 0.3) is 21.8 Å². The largest absolute Gasteiger partial charge is 0.341 e. The van der Waals surface area contributed by atoms with Crippen LogP contribution < -0.4 is 0 Å². The first-order valence-corrected chi connectivity index (χ1v) is 11.7. The summed E-state index contributed by atoms with van der Waals surface area (Å²) in [6.07, 6.45) is 0.377. The third-order valence-electron chi connectivity index (χ3n) is 6.77.